The van der Waals surface area contributed by atoms with E-state index in [1.165, 1.54) is 30.3 Å². The number of hydrogen-bond acceptors (Lipinski definition) is 3. The molecule has 3 rings (SSSR count). The second-order valence-electron chi connectivity index (χ2n) is 6.01. The van der Waals surface area contributed by atoms with Crippen LogP contribution in [0.25, 0.3) is 10.9 Å². The number of rotatable bonds is 5. The SMILES string of the molecule is C#CCN1CCC(CCNc2ccnc3ccccc23)CC1. The summed E-state index contributed by atoms with van der Waals surface area (Å²) in [7, 11) is 0. The van der Waals surface area contributed by atoms with Crippen molar-refractivity contribution in [1.29, 1.82) is 0 Å². The van der Waals surface area contributed by atoms with Gasteiger partial charge in [0.25, 0.3) is 0 Å². The molecule has 1 aliphatic rings. The van der Waals surface area contributed by atoms with Crippen LogP contribution >= 0.6 is 0 Å². The summed E-state index contributed by atoms with van der Waals surface area (Å²) >= 11 is 0. The number of anilines is 1. The predicted molar refractivity (Wildman–Crippen MR) is 92.8 cm³/mol. The van der Waals surface area contributed by atoms with Crippen molar-refractivity contribution in [1.82, 2.24) is 9.88 Å². The molecule has 0 bridgehead atoms. The van der Waals surface area contributed by atoms with E-state index in [-0.39, 0.29) is 0 Å². The predicted octanol–water partition coefficient (Wildman–Crippen LogP) is 3.38. The third-order valence-corrected chi connectivity index (χ3v) is 4.54. The number of aromatic nitrogens is 1. The van der Waals surface area contributed by atoms with Crippen molar-refractivity contribution in [3.8, 4) is 12.3 Å². The topological polar surface area (TPSA) is 28.2 Å². The Morgan fingerprint density at radius 1 is 1.23 bits per heavy atom. The second kappa shape index (κ2) is 7.29. The maximum atomic E-state index is 5.38. The van der Waals surface area contributed by atoms with E-state index < -0.39 is 0 Å². The molecule has 0 unspecified atom stereocenters. The van der Waals surface area contributed by atoms with E-state index in [4.69, 9.17) is 6.42 Å². The number of nitrogens with one attached hydrogen (secondary N) is 1. The molecule has 0 atom stereocenters. The van der Waals surface area contributed by atoms with Gasteiger partial charge in [0.05, 0.1) is 12.1 Å². The van der Waals surface area contributed by atoms with Gasteiger partial charge in [-0.1, -0.05) is 24.1 Å². The summed E-state index contributed by atoms with van der Waals surface area (Å²) in [5.41, 5.74) is 2.24. The molecule has 0 aliphatic carbocycles. The number of hydrogen-bond donors (Lipinski definition) is 1. The zero-order valence-electron chi connectivity index (χ0n) is 13.0. The van der Waals surface area contributed by atoms with Gasteiger partial charge in [-0.15, -0.1) is 6.42 Å². The van der Waals surface area contributed by atoms with Gasteiger partial charge in [-0.3, -0.25) is 9.88 Å². The van der Waals surface area contributed by atoms with Crippen LogP contribution in [0, 0.1) is 18.3 Å². The fourth-order valence-electron chi connectivity index (χ4n) is 3.22. The van der Waals surface area contributed by atoms with Gasteiger partial charge < -0.3 is 5.32 Å². The molecule has 0 amide bonds. The molecule has 1 fully saturated rings. The molecular weight excluding hydrogens is 270 g/mol. The fraction of sp³-hybridized carbons (Fsp3) is 0.421. The van der Waals surface area contributed by atoms with Crippen LogP contribution in [0.15, 0.2) is 36.5 Å². The first-order chi connectivity index (χ1) is 10.9. The van der Waals surface area contributed by atoms with Crippen LogP contribution in [-0.4, -0.2) is 36.1 Å². The van der Waals surface area contributed by atoms with Gasteiger partial charge in [0, 0.05) is 23.8 Å². The van der Waals surface area contributed by atoms with Gasteiger partial charge in [0.15, 0.2) is 0 Å². The summed E-state index contributed by atoms with van der Waals surface area (Å²) in [5, 5.41) is 4.79. The average Bonchev–Trinajstić information content (AvgIpc) is 2.57. The Labute approximate surface area is 132 Å². The smallest absolute Gasteiger partial charge is 0.0722 e. The lowest BCUT2D eigenvalue weighted by molar-refractivity contribution is 0.199. The van der Waals surface area contributed by atoms with E-state index in [1.54, 1.807) is 0 Å². The third-order valence-electron chi connectivity index (χ3n) is 4.54. The molecule has 2 heterocycles. The van der Waals surface area contributed by atoms with E-state index in [2.05, 4.69) is 45.4 Å². The van der Waals surface area contributed by atoms with E-state index in [9.17, 15) is 0 Å². The van der Waals surface area contributed by atoms with Crippen LogP contribution in [0.3, 0.4) is 0 Å². The zero-order chi connectivity index (χ0) is 15.2. The Kier molecular flexibility index (Phi) is 4.92. The Morgan fingerprint density at radius 3 is 2.86 bits per heavy atom. The third kappa shape index (κ3) is 3.58. The molecule has 3 heteroatoms. The Morgan fingerprint density at radius 2 is 2.05 bits per heavy atom. The summed E-state index contributed by atoms with van der Waals surface area (Å²) in [6.45, 7) is 4.11. The molecule has 1 saturated heterocycles. The Hall–Kier alpha value is -2.05. The number of benzene rings is 1. The molecule has 1 aromatic heterocycles. The van der Waals surface area contributed by atoms with Crippen molar-refractivity contribution in [2.75, 3.05) is 31.5 Å². The first-order valence-corrected chi connectivity index (χ1v) is 8.10. The summed E-state index contributed by atoms with van der Waals surface area (Å²) in [5.74, 6) is 3.56. The van der Waals surface area contributed by atoms with Crippen LogP contribution in [0.5, 0.6) is 0 Å². The molecule has 3 nitrogen and oxygen atoms in total. The number of piperidine rings is 1. The quantitative estimate of drug-likeness (QED) is 0.857. The maximum Gasteiger partial charge on any atom is 0.0722 e. The average molecular weight is 293 g/mol. The van der Waals surface area contributed by atoms with Gasteiger partial charge in [0.1, 0.15) is 0 Å². The van der Waals surface area contributed by atoms with Gasteiger partial charge in [-0.05, 0) is 50.4 Å². The lowest BCUT2D eigenvalue weighted by Crippen LogP contribution is -2.34. The summed E-state index contributed by atoms with van der Waals surface area (Å²) < 4.78 is 0. The molecule has 0 radical (unpaired) electrons. The minimum Gasteiger partial charge on any atom is -0.384 e. The Balaban J connectivity index is 1.50. The first-order valence-electron chi connectivity index (χ1n) is 8.10. The van der Waals surface area contributed by atoms with Crippen LogP contribution < -0.4 is 5.32 Å². The molecule has 0 saturated carbocycles. The van der Waals surface area contributed by atoms with Crippen LogP contribution in [0.1, 0.15) is 19.3 Å². The van der Waals surface area contributed by atoms with Gasteiger partial charge >= 0.3 is 0 Å². The monoisotopic (exact) mass is 293 g/mol. The highest BCUT2D eigenvalue weighted by Crippen LogP contribution is 2.23. The standard InChI is InChI=1S/C19H23N3/c1-2-13-22-14-9-16(10-15-22)7-11-20-19-8-12-21-18-6-4-3-5-17(18)19/h1,3-6,8,12,16H,7,9-11,13-15H2,(H,20,21). The van der Waals surface area contributed by atoms with Crippen molar-refractivity contribution >= 4 is 16.6 Å². The van der Waals surface area contributed by atoms with Crippen molar-refractivity contribution in [2.24, 2.45) is 5.92 Å². The van der Waals surface area contributed by atoms with E-state index in [0.29, 0.717) is 0 Å². The molecule has 1 aromatic carbocycles. The largest absolute Gasteiger partial charge is 0.384 e. The molecule has 0 spiro atoms. The van der Waals surface area contributed by atoms with Crippen molar-refractivity contribution in [2.45, 2.75) is 19.3 Å². The molecule has 22 heavy (non-hydrogen) atoms. The lowest BCUT2D eigenvalue weighted by Gasteiger charge is -2.30. The number of nitrogens with zero attached hydrogens (tertiary/aromatic N) is 2. The molecule has 114 valence electrons. The Bertz CT molecular complexity index is 646. The highest BCUT2D eigenvalue weighted by atomic mass is 15.1. The number of fused-ring (bicyclic) bond motifs is 1. The van der Waals surface area contributed by atoms with Gasteiger partial charge in [-0.25, -0.2) is 0 Å². The molecule has 1 N–H and O–H groups in total. The number of para-hydroxylation sites is 1. The van der Waals surface area contributed by atoms with Crippen molar-refractivity contribution in [3.05, 3.63) is 36.5 Å². The van der Waals surface area contributed by atoms with Gasteiger partial charge in [0.2, 0.25) is 0 Å². The first kappa shape index (κ1) is 14.9. The number of pyridine rings is 1. The number of terminal acetylenes is 1. The van der Waals surface area contributed by atoms with Crippen molar-refractivity contribution in [3.63, 3.8) is 0 Å². The minimum absolute atomic E-state index is 0.800. The highest BCUT2D eigenvalue weighted by molar-refractivity contribution is 5.90. The number of likely N-dealkylation sites (tertiary alicyclic amines) is 1. The van der Waals surface area contributed by atoms with E-state index >= 15 is 0 Å². The second-order valence-corrected chi connectivity index (χ2v) is 6.01. The normalized spacial score (nSPS) is 16.5. The maximum absolute atomic E-state index is 5.38. The van der Waals surface area contributed by atoms with Crippen molar-refractivity contribution < 1.29 is 0 Å². The summed E-state index contributed by atoms with van der Waals surface area (Å²) in [4.78, 5) is 6.78. The molecule has 1 aliphatic heterocycles. The molecular formula is C19H23N3. The van der Waals surface area contributed by atoms with Gasteiger partial charge in [-0.2, -0.15) is 0 Å². The van der Waals surface area contributed by atoms with E-state index in [0.717, 1.165) is 37.6 Å². The van der Waals surface area contributed by atoms with Crippen LogP contribution in [-0.2, 0) is 0 Å². The minimum atomic E-state index is 0.800. The molecule has 2 aromatic rings. The fourth-order valence-corrected chi connectivity index (χ4v) is 3.22. The van der Waals surface area contributed by atoms with Crippen LogP contribution in [0.2, 0.25) is 0 Å². The zero-order valence-corrected chi connectivity index (χ0v) is 13.0. The highest BCUT2D eigenvalue weighted by Gasteiger charge is 2.18. The summed E-state index contributed by atoms with van der Waals surface area (Å²) in [6, 6.07) is 10.3. The van der Waals surface area contributed by atoms with Crippen LogP contribution in [0.4, 0.5) is 5.69 Å². The summed E-state index contributed by atoms with van der Waals surface area (Å²) in [6.07, 6.45) is 11.0. The van der Waals surface area contributed by atoms with E-state index in [1.807, 2.05) is 12.3 Å². The lowest BCUT2D eigenvalue weighted by atomic mass is 9.93.